The minimum Gasteiger partial charge on any atom is -0.313 e. The second-order valence-electron chi connectivity index (χ2n) is 5.01. The molecule has 1 unspecified atom stereocenters. The normalized spacial score (nSPS) is 12.8. The standard InChI is InChI=1S/C15H22N4/c1-12(2)19-15(17-11-18-19)10-9-14(16-3)13-7-5-4-6-8-13/h4-8,11-12,14,16H,9-10H2,1-3H3. The Hall–Kier alpha value is -1.68. The lowest BCUT2D eigenvalue weighted by atomic mass is 10.0. The van der Waals surface area contributed by atoms with Crippen molar-refractivity contribution < 1.29 is 0 Å². The number of hydrogen-bond acceptors (Lipinski definition) is 3. The van der Waals surface area contributed by atoms with E-state index in [4.69, 9.17) is 0 Å². The van der Waals surface area contributed by atoms with Gasteiger partial charge < -0.3 is 5.32 Å². The van der Waals surface area contributed by atoms with Crippen LogP contribution in [-0.4, -0.2) is 21.8 Å². The SMILES string of the molecule is CNC(CCc1ncnn1C(C)C)c1ccccc1. The van der Waals surface area contributed by atoms with Crippen molar-refractivity contribution in [3.05, 3.63) is 48.0 Å². The van der Waals surface area contributed by atoms with Crippen molar-refractivity contribution in [1.29, 1.82) is 0 Å². The van der Waals surface area contributed by atoms with E-state index in [9.17, 15) is 0 Å². The van der Waals surface area contributed by atoms with Crippen molar-refractivity contribution >= 4 is 0 Å². The largest absolute Gasteiger partial charge is 0.313 e. The Bertz CT molecular complexity index is 490. The summed E-state index contributed by atoms with van der Waals surface area (Å²) < 4.78 is 2.00. The lowest BCUT2D eigenvalue weighted by molar-refractivity contribution is 0.479. The molecule has 0 spiro atoms. The molecule has 1 aromatic carbocycles. The third-order valence-corrected chi connectivity index (χ3v) is 3.34. The summed E-state index contributed by atoms with van der Waals surface area (Å²) in [4.78, 5) is 4.36. The molecule has 4 heteroatoms. The monoisotopic (exact) mass is 258 g/mol. The van der Waals surface area contributed by atoms with Gasteiger partial charge in [-0.2, -0.15) is 5.10 Å². The molecular weight excluding hydrogens is 236 g/mol. The lowest BCUT2D eigenvalue weighted by Crippen LogP contribution is -2.18. The first-order chi connectivity index (χ1) is 9.22. The maximum atomic E-state index is 4.36. The van der Waals surface area contributed by atoms with Gasteiger partial charge in [-0.05, 0) is 32.9 Å². The van der Waals surface area contributed by atoms with Crippen LogP contribution < -0.4 is 5.32 Å². The first-order valence-corrected chi connectivity index (χ1v) is 6.83. The first-order valence-electron chi connectivity index (χ1n) is 6.83. The Balaban J connectivity index is 2.02. The number of hydrogen-bond donors (Lipinski definition) is 1. The van der Waals surface area contributed by atoms with Crippen LogP contribution in [0.15, 0.2) is 36.7 Å². The Morgan fingerprint density at radius 2 is 1.95 bits per heavy atom. The van der Waals surface area contributed by atoms with Gasteiger partial charge in [-0.25, -0.2) is 9.67 Å². The maximum Gasteiger partial charge on any atom is 0.138 e. The number of nitrogens with one attached hydrogen (secondary N) is 1. The average Bonchev–Trinajstić information content (AvgIpc) is 2.89. The third kappa shape index (κ3) is 3.41. The summed E-state index contributed by atoms with van der Waals surface area (Å²) in [7, 11) is 2.00. The van der Waals surface area contributed by atoms with E-state index >= 15 is 0 Å². The predicted octanol–water partition coefficient (Wildman–Crippen LogP) is 2.75. The van der Waals surface area contributed by atoms with Crippen LogP contribution >= 0.6 is 0 Å². The highest BCUT2D eigenvalue weighted by atomic mass is 15.3. The van der Waals surface area contributed by atoms with E-state index in [0.717, 1.165) is 18.7 Å². The number of aryl methyl sites for hydroxylation is 1. The Morgan fingerprint density at radius 1 is 1.21 bits per heavy atom. The second-order valence-corrected chi connectivity index (χ2v) is 5.01. The highest BCUT2D eigenvalue weighted by Gasteiger charge is 2.12. The molecule has 1 heterocycles. The fourth-order valence-corrected chi connectivity index (χ4v) is 2.32. The minimum atomic E-state index is 0.360. The van der Waals surface area contributed by atoms with Gasteiger partial charge in [0.25, 0.3) is 0 Å². The smallest absolute Gasteiger partial charge is 0.138 e. The predicted molar refractivity (Wildman–Crippen MR) is 77.0 cm³/mol. The van der Waals surface area contributed by atoms with E-state index in [-0.39, 0.29) is 0 Å². The van der Waals surface area contributed by atoms with Gasteiger partial charge in [0.15, 0.2) is 0 Å². The molecule has 4 nitrogen and oxygen atoms in total. The molecule has 0 saturated heterocycles. The van der Waals surface area contributed by atoms with E-state index in [1.807, 2.05) is 17.8 Å². The lowest BCUT2D eigenvalue weighted by Gasteiger charge is -2.17. The van der Waals surface area contributed by atoms with E-state index < -0.39 is 0 Å². The van der Waals surface area contributed by atoms with Crippen molar-refractivity contribution in [2.24, 2.45) is 0 Å². The molecule has 0 aliphatic heterocycles. The maximum absolute atomic E-state index is 4.36. The molecule has 19 heavy (non-hydrogen) atoms. The molecule has 0 saturated carbocycles. The van der Waals surface area contributed by atoms with Crippen LogP contribution in [0, 0.1) is 0 Å². The zero-order valence-electron chi connectivity index (χ0n) is 11.9. The van der Waals surface area contributed by atoms with Gasteiger partial charge >= 0.3 is 0 Å². The zero-order chi connectivity index (χ0) is 13.7. The van der Waals surface area contributed by atoms with Crippen molar-refractivity contribution in [2.75, 3.05) is 7.05 Å². The van der Waals surface area contributed by atoms with Gasteiger partial charge in [0.1, 0.15) is 12.2 Å². The zero-order valence-corrected chi connectivity index (χ0v) is 11.9. The van der Waals surface area contributed by atoms with Crippen LogP contribution in [0.3, 0.4) is 0 Å². The van der Waals surface area contributed by atoms with Crippen LogP contribution in [-0.2, 0) is 6.42 Å². The number of nitrogens with zero attached hydrogens (tertiary/aromatic N) is 3. The first kappa shape index (κ1) is 13.7. The highest BCUT2D eigenvalue weighted by molar-refractivity contribution is 5.18. The van der Waals surface area contributed by atoms with Gasteiger partial charge in [-0.3, -0.25) is 0 Å². The fourth-order valence-electron chi connectivity index (χ4n) is 2.32. The molecule has 0 aliphatic rings. The summed E-state index contributed by atoms with van der Waals surface area (Å²) in [6.07, 6.45) is 3.59. The van der Waals surface area contributed by atoms with Gasteiger partial charge in [0, 0.05) is 18.5 Å². The molecule has 0 bridgehead atoms. The summed E-state index contributed by atoms with van der Waals surface area (Å²) in [5.41, 5.74) is 1.32. The van der Waals surface area contributed by atoms with Gasteiger partial charge in [-0.1, -0.05) is 30.3 Å². The molecule has 0 aliphatic carbocycles. The Kier molecular flexibility index (Phi) is 4.68. The van der Waals surface area contributed by atoms with Crippen molar-refractivity contribution in [2.45, 2.75) is 38.8 Å². The van der Waals surface area contributed by atoms with Crippen LogP contribution in [0.4, 0.5) is 0 Å². The molecule has 2 aromatic rings. The van der Waals surface area contributed by atoms with Crippen molar-refractivity contribution in [3.63, 3.8) is 0 Å². The van der Waals surface area contributed by atoms with Crippen LogP contribution in [0.1, 0.15) is 43.7 Å². The van der Waals surface area contributed by atoms with Crippen LogP contribution in [0.2, 0.25) is 0 Å². The molecule has 102 valence electrons. The summed E-state index contributed by atoms with van der Waals surface area (Å²) in [6, 6.07) is 11.3. The molecule has 0 radical (unpaired) electrons. The summed E-state index contributed by atoms with van der Waals surface area (Å²) >= 11 is 0. The average molecular weight is 258 g/mol. The summed E-state index contributed by atoms with van der Waals surface area (Å²) in [5, 5.41) is 7.65. The second kappa shape index (κ2) is 6.48. The van der Waals surface area contributed by atoms with Gasteiger partial charge in [-0.15, -0.1) is 0 Å². The minimum absolute atomic E-state index is 0.360. The fraction of sp³-hybridized carbons (Fsp3) is 0.467. The van der Waals surface area contributed by atoms with E-state index in [1.165, 1.54) is 5.56 Å². The molecule has 0 amide bonds. The quantitative estimate of drug-likeness (QED) is 0.866. The van der Waals surface area contributed by atoms with E-state index in [1.54, 1.807) is 6.33 Å². The molecule has 0 fully saturated rings. The molecule has 2 rings (SSSR count). The number of benzene rings is 1. The number of rotatable bonds is 6. The van der Waals surface area contributed by atoms with Crippen LogP contribution in [0.25, 0.3) is 0 Å². The van der Waals surface area contributed by atoms with Crippen LogP contribution in [0.5, 0.6) is 0 Å². The van der Waals surface area contributed by atoms with E-state index in [0.29, 0.717) is 12.1 Å². The molecule has 1 N–H and O–H groups in total. The van der Waals surface area contributed by atoms with Crippen molar-refractivity contribution in [3.8, 4) is 0 Å². The molecular formula is C15H22N4. The van der Waals surface area contributed by atoms with Gasteiger partial charge in [0.2, 0.25) is 0 Å². The van der Waals surface area contributed by atoms with Gasteiger partial charge in [0.05, 0.1) is 0 Å². The Labute approximate surface area is 114 Å². The molecule has 1 atom stereocenters. The van der Waals surface area contributed by atoms with E-state index in [2.05, 4.69) is 53.5 Å². The highest BCUT2D eigenvalue weighted by Crippen LogP contribution is 2.18. The number of aromatic nitrogens is 3. The third-order valence-electron chi connectivity index (χ3n) is 3.34. The molecule has 1 aromatic heterocycles. The topological polar surface area (TPSA) is 42.7 Å². The van der Waals surface area contributed by atoms with Crippen molar-refractivity contribution in [1.82, 2.24) is 20.1 Å². The Morgan fingerprint density at radius 3 is 2.58 bits per heavy atom. The summed E-state index contributed by atoms with van der Waals surface area (Å²) in [5.74, 6) is 1.06. The summed E-state index contributed by atoms with van der Waals surface area (Å²) in [6.45, 7) is 4.26.